The molecule has 1 spiro atoms. The number of allylic oxidation sites excluding steroid dienone is 1. The van der Waals surface area contributed by atoms with Crippen LogP contribution in [0.3, 0.4) is 0 Å². The molecule has 0 N–H and O–H groups in total. The van der Waals surface area contributed by atoms with Crippen LogP contribution in [0.1, 0.15) is 28.8 Å². The number of piperazine rings is 1. The second kappa shape index (κ2) is 11.2. The van der Waals surface area contributed by atoms with Crippen LogP contribution < -0.4 is 9.80 Å². The first-order valence-corrected chi connectivity index (χ1v) is 13.0. The van der Waals surface area contributed by atoms with Gasteiger partial charge in [0.15, 0.2) is 29.0 Å². The highest BCUT2D eigenvalue weighted by Gasteiger charge is 2.42. The van der Waals surface area contributed by atoms with Gasteiger partial charge in [-0.1, -0.05) is 43.0 Å². The number of ketones is 1. The maximum absolute atomic E-state index is 16.3. The minimum absolute atomic E-state index is 0.133. The normalized spacial score (nSPS) is 19.2. The molecular weight excluding hydrogens is 511 g/mol. The maximum Gasteiger partial charge on any atom is 0.246 e. The molecule has 3 fully saturated rings. The summed E-state index contributed by atoms with van der Waals surface area (Å²) in [5, 5.41) is 0. The molecule has 0 radical (unpaired) electrons. The molecule has 0 bridgehead atoms. The Bertz CT molecular complexity index is 1280. The zero-order valence-corrected chi connectivity index (χ0v) is 21.5. The van der Waals surface area contributed by atoms with Gasteiger partial charge < -0.3 is 24.2 Å². The van der Waals surface area contributed by atoms with Gasteiger partial charge >= 0.3 is 0 Å². The number of anilines is 2. The number of carbonyl (C=O) groups excluding carboxylic acids is 2. The van der Waals surface area contributed by atoms with Crippen LogP contribution in [0.4, 0.5) is 24.5 Å². The first-order valence-electron chi connectivity index (χ1n) is 13.0. The van der Waals surface area contributed by atoms with Crippen molar-refractivity contribution in [1.82, 2.24) is 4.90 Å². The summed E-state index contributed by atoms with van der Waals surface area (Å²) in [5.41, 5.74) is -0.796. The van der Waals surface area contributed by atoms with E-state index in [-0.39, 0.29) is 50.9 Å². The molecule has 2 aromatic rings. The molecule has 5 rings (SSSR count). The van der Waals surface area contributed by atoms with E-state index in [1.165, 1.54) is 26.9 Å². The number of benzene rings is 2. The van der Waals surface area contributed by atoms with Gasteiger partial charge in [0, 0.05) is 52.1 Å². The number of piperidine rings is 1. The van der Waals surface area contributed by atoms with Crippen LogP contribution in [0.5, 0.6) is 0 Å². The SMILES string of the molecule is C=CC(=O)N1CCN(c2c(F)c(N3CCC4(CC3)OCCO4)c(F)c(F)c2C(=O)C=Cc2ccccc2)CC1. The molecule has 0 atom stereocenters. The molecule has 2 aromatic carbocycles. The monoisotopic (exact) mass is 541 g/mol. The summed E-state index contributed by atoms with van der Waals surface area (Å²) >= 11 is 0. The molecule has 0 unspecified atom stereocenters. The van der Waals surface area contributed by atoms with Crippen molar-refractivity contribution in [3.8, 4) is 0 Å². The number of hydrogen-bond donors (Lipinski definition) is 0. The summed E-state index contributed by atoms with van der Waals surface area (Å²) in [5.74, 6) is -5.72. The van der Waals surface area contributed by atoms with Crippen LogP contribution in [0, 0.1) is 17.5 Å². The molecule has 1 amide bonds. The van der Waals surface area contributed by atoms with E-state index >= 15 is 13.2 Å². The quantitative estimate of drug-likeness (QED) is 0.311. The third-order valence-corrected chi connectivity index (χ3v) is 7.48. The van der Waals surface area contributed by atoms with Gasteiger partial charge in [-0.25, -0.2) is 13.2 Å². The molecule has 0 aromatic heterocycles. The third kappa shape index (κ3) is 5.31. The molecule has 3 aliphatic heterocycles. The van der Waals surface area contributed by atoms with Crippen LogP contribution in [0.25, 0.3) is 6.08 Å². The van der Waals surface area contributed by atoms with Crippen molar-refractivity contribution in [3.63, 3.8) is 0 Å². The highest BCUT2D eigenvalue weighted by atomic mass is 19.2. The lowest BCUT2D eigenvalue weighted by atomic mass is 9.99. The van der Waals surface area contributed by atoms with Gasteiger partial charge in [-0.3, -0.25) is 9.59 Å². The van der Waals surface area contributed by atoms with E-state index in [1.807, 2.05) is 6.07 Å². The third-order valence-electron chi connectivity index (χ3n) is 7.48. The highest BCUT2D eigenvalue weighted by molar-refractivity contribution is 6.11. The Morgan fingerprint density at radius 1 is 0.821 bits per heavy atom. The smallest absolute Gasteiger partial charge is 0.246 e. The molecule has 7 nitrogen and oxygen atoms in total. The average molecular weight is 542 g/mol. The number of hydrogen-bond acceptors (Lipinski definition) is 6. The lowest BCUT2D eigenvalue weighted by molar-refractivity contribution is -0.169. The molecule has 3 heterocycles. The number of nitrogens with zero attached hydrogens (tertiary/aromatic N) is 3. The van der Waals surface area contributed by atoms with Crippen molar-refractivity contribution >= 4 is 29.1 Å². The molecule has 0 saturated carbocycles. The van der Waals surface area contributed by atoms with Crippen molar-refractivity contribution in [2.45, 2.75) is 18.6 Å². The van der Waals surface area contributed by atoms with Gasteiger partial charge in [-0.15, -0.1) is 0 Å². The van der Waals surface area contributed by atoms with E-state index in [0.717, 1.165) is 6.08 Å². The molecule has 3 aliphatic rings. The van der Waals surface area contributed by atoms with Crippen LogP contribution in [0.15, 0.2) is 49.1 Å². The van der Waals surface area contributed by atoms with Gasteiger partial charge in [-0.2, -0.15) is 0 Å². The van der Waals surface area contributed by atoms with Crippen LogP contribution >= 0.6 is 0 Å². The summed E-state index contributed by atoms with van der Waals surface area (Å²) in [6, 6.07) is 8.87. The first-order chi connectivity index (χ1) is 18.8. The predicted octanol–water partition coefficient (Wildman–Crippen LogP) is 4.18. The first kappa shape index (κ1) is 27.0. The maximum atomic E-state index is 16.3. The van der Waals surface area contributed by atoms with E-state index < -0.39 is 40.3 Å². The molecule has 0 aliphatic carbocycles. The fraction of sp³-hybridized carbons (Fsp3) is 0.379. The number of rotatable bonds is 6. The van der Waals surface area contributed by atoms with Crippen molar-refractivity contribution in [2.75, 3.05) is 62.3 Å². The summed E-state index contributed by atoms with van der Waals surface area (Å²) in [7, 11) is 0. The molecule has 39 heavy (non-hydrogen) atoms. The van der Waals surface area contributed by atoms with Gasteiger partial charge in [-0.05, 0) is 17.7 Å². The summed E-state index contributed by atoms with van der Waals surface area (Å²) in [6.07, 6.45) is 4.52. The Hall–Kier alpha value is -3.63. The summed E-state index contributed by atoms with van der Waals surface area (Å²) in [4.78, 5) is 29.8. The van der Waals surface area contributed by atoms with Crippen molar-refractivity contribution in [2.24, 2.45) is 0 Å². The Balaban J connectivity index is 1.52. The van der Waals surface area contributed by atoms with Crippen LogP contribution in [-0.4, -0.2) is 74.9 Å². The van der Waals surface area contributed by atoms with Gasteiger partial charge in [0.1, 0.15) is 5.69 Å². The Labute approximate surface area is 225 Å². The largest absolute Gasteiger partial charge is 0.366 e. The van der Waals surface area contributed by atoms with E-state index in [2.05, 4.69) is 6.58 Å². The van der Waals surface area contributed by atoms with Crippen molar-refractivity contribution in [3.05, 3.63) is 77.6 Å². The fourth-order valence-electron chi connectivity index (χ4n) is 5.39. The minimum Gasteiger partial charge on any atom is -0.366 e. The number of halogens is 3. The standard InChI is InChI=1S/C29H30F3N3O4/c1-2-22(37)33-14-16-35(17-15-33)27-23(21(36)9-8-20-6-4-3-5-7-20)24(30)25(31)28(26(27)32)34-12-10-29(11-13-34)38-18-19-39-29/h2-9H,1,10-19H2. The van der Waals surface area contributed by atoms with Gasteiger partial charge in [0.25, 0.3) is 0 Å². The van der Waals surface area contributed by atoms with E-state index in [4.69, 9.17) is 9.47 Å². The summed E-state index contributed by atoms with van der Waals surface area (Å²) < 4.78 is 59.1. The minimum atomic E-state index is -1.41. The Morgan fingerprint density at radius 3 is 2.05 bits per heavy atom. The Morgan fingerprint density at radius 2 is 1.44 bits per heavy atom. The average Bonchev–Trinajstić information content (AvgIpc) is 3.42. The van der Waals surface area contributed by atoms with Crippen molar-refractivity contribution < 1.29 is 32.2 Å². The van der Waals surface area contributed by atoms with E-state index in [9.17, 15) is 9.59 Å². The second-order valence-corrected chi connectivity index (χ2v) is 9.73. The molecule has 3 saturated heterocycles. The zero-order chi connectivity index (χ0) is 27.6. The number of amides is 1. The molecule has 10 heteroatoms. The molecular formula is C29H30F3N3O4. The summed E-state index contributed by atoms with van der Waals surface area (Å²) in [6.45, 7) is 5.47. The molecule has 206 valence electrons. The van der Waals surface area contributed by atoms with Crippen LogP contribution in [-0.2, 0) is 14.3 Å². The number of carbonyl (C=O) groups is 2. The Kier molecular flexibility index (Phi) is 7.76. The zero-order valence-electron chi connectivity index (χ0n) is 21.5. The van der Waals surface area contributed by atoms with Crippen LogP contribution in [0.2, 0.25) is 0 Å². The second-order valence-electron chi connectivity index (χ2n) is 9.73. The topological polar surface area (TPSA) is 62.3 Å². The number of ether oxygens (including phenoxy) is 2. The van der Waals surface area contributed by atoms with E-state index in [0.29, 0.717) is 31.6 Å². The highest BCUT2D eigenvalue weighted by Crippen LogP contribution is 2.41. The van der Waals surface area contributed by atoms with Crippen molar-refractivity contribution in [1.29, 1.82) is 0 Å². The fourth-order valence-corrected chi connectivity index (χ4v) is 5.39. The van der Waals surface area contributed by atoms with E-state index in [1.54, 1.807) is 24.3 Å². The lowest BCUT2D eigenvalue weighted by Gasteiger charge is -2.40. The predicted molar refractivity (Wildman–Crippen MR) is 141 cm³/mol. The van der Waals surface area contributed by atoms with Gasteiger partial charge in [0.05, 0.1) is 24.5 Å². The lowest BCUT2D eigenvalue weighted by Crippen LogP contribution is -2.49. The van der Waals surface area contributed by atoms with Gasteiger partial charge in [0.2, 0.25) is 5.91 Å².